The Labute approximate surface area is 119 Å². The zero-order chi connectivity index (χ0) is 16.0. The number of halogens is 3. The number of rotatable bonds is 4. The second-order valence-electron chi connectivity index (χ2n) is 4.01. The van der Waals surface area contributed by atoms with Gasteiger partial charge in [0.15, 0.2) is 0 Å². The van der Waals surface area contributed by atoms with Gasteiger partial charge in [0.25, 0.3) is 0 Å². The maximum Gasteiger partial charge on any atom is 0.420 e. The molecule has 0 saturated heterocycles. The minimum absolute atomic E-state index is 0.115. The van der Waals surface area contributed by atoms with Crippen LogP contribution in [0.3, 0.4) is 0 Å². The topological polar surface area (TPSA) is 59.3 Å². The highest BCUT2D eigenvalue weighted by Crippen LogP contribution is 2.36. The molecule has 1 aromatic rings. The lowest BCUT2D eigenvalue weighted by Gasteiger charge is -2.13. The number of esters is 1. The quantitative estimate of drug-likeness (QED) is 0.633. The number of alkyl halides is 3. The van der Waals surface area contributed by atoms with Crippen LogP contribution in [-0.4, -0.2) is 19.7 Å². The summed E-state index contributed by atoms with van der Waals surface area (Å²) < 4.78 is 48.0. The van der Waals surface area contributed by atoms with E-state index in [4.69, 9.17) is 10.00 Å². The van der Waals surface area contributed by atoms with Crippen molar-refractivity contribution in [1.82, 2.24) is 0 Å². The molecule has 0 aliphatic carbocycles. The molecule has 1 aromatic carbocycles. The summed E-state index contributed by atoms with van der Waals surface area (Å²) in [4.78, 5) is 11.1. The molecule has 0 amide bonds. The van der Waals surface area contributed by atoms with Gasteiger partial charge in [-0.1, -0.05) is 0 Å². The van der Waals surface area contributed by atoms with Crippen molar-refractivity contribution < 1.29 is 27.4 Å². The molecule has 0 saturated carbocycles. The van der Waals surface area contributed by atoms with Crippen LogP contribution >= 0.6 is 0 Å². The van der Waals surface area contributed by atoms with Crippen molar-refractivity contribution in [2.45, 2.75) is 13.1 Å². The third-order valence-electron chi connectivity index (χ3n) is 2.55. The van der Waals surface area contributed by atoms with E-state index >= 15 is 0 Å². The Morgan fingerprint density at radius 2 is 2.10 bits per heavy atom. The zero-order valence-electron chi connectivity index (χ0n) is 11.3. The van der Waals surface area contributed by atoms with E-state index in [-0.39, 0.29) is 17.7 Å². The Kier molecular flexibility index (Phi) is 5.36. The molecule has 0 atom stereocenters. The van der Waals surface area contributed by atoms with E-state index in [0.717, 1.165) is 6.07 Å². The number of benzene rings is 1. The Morgan fingerprint density at radius 1 is 1.43 bits per heavy atom. The lowest BCUT2D eigenvalue weighted by atomic mass is 10.1. The maximum atomic E-state index is 12.9. The Morgan fingerprint density at radius 3 is 2.62 bits per heavy atom. The molecule has 0 fully saturated rings. The molecule has 0 radical (unpaired) electrons. The number of methoxy groups -OCH3 is 1. The van der Waals surface area contributed by atoms with Gasteiger partial charge in [0.05, 0.1) is 24.3 Å². The van der Waals surface area contributed by atoms with Gasteiger partial charge < -0.3 is 9.47 Å². The second-order valence-corrected chi connectivity index (χ2v) is 4.01. The number of nitriles is 1. The summed E-state index contributed by atoms with van der Waals surface area (Å²) in [5.74, 6) is -0.995. The lowest BCUT2D eigenvalue weighted by molar-refractivity contribution is -0.139. The third-order valence-corrected chi connectivity index (χ3v) is 2.55. The first-order chi connectivity index (χ1) is 9.79. The van der Waals surface area contributed by atoms with Crippen LogP contribution < -0.4 is 4.74 Å². The Balaban J connectivity index is 2.94. The van der Waals surface area contributed by atoms with Gasteiger partial charge in [-0.25, -0.2) is 4.79 Å². The van der Waals surface area contributed by atoms with Crippen LogP contribution in [0.2, 0.25) is 0 Å². The molecule has 1 rings (SSSR count). The maximum absolute atomic E-state index is 12.9. The Bertz CT molecular complexity index is 600. The molecule has 0 bridgehead atoms. The minimum atomic E-state index is -4.64. The largest absolute Gasteiger partial charge is 0.489 e. The molecule has 0 heterocycles. The number of hydrogen-bond acceptors (Lipinski definition) is 4. The number of carbonyl (C=O) groups excluding carboxylic acids is 1. The Hall–Kier alpha value is -2.49. The molecule has 0 spiro atoms. The second kappa shape index (κ2) is 6.79. The van der Waals surface area contributed by atoms with Crippen LogP contribution in [0.25, 0.3) is 0 Å². The number of nitrogens with zero attached hydrogens (tertiary/aromatic N) is 1. The smallest absolute Gasteiger partial charge is 0.420 e. The van der Waals surface area contributed by atoms with Gasteiger partial charge >= 0.3 is 12.1 Å². The van der Waals surface area contributed by atoms with Crippen molar-refractivity contribution in [2.75, 3.05) is 13.7 Å². The van der Waals surface area contributed by atoms with E-state index in [1.165, 1.54) is 26.2 Å². The highest BCUT2D eigenvalue weighted by Gasteiger charge is 2.34. The summed E-state index contributed by atoms with van der Waals surface area (Å²) in [6.07, 6.45) is -3.33. The molecule has 4 nitrogen and oxygen atoms in total. The third kappa shape index (κ3) is 4.53. The van der Waals surface area contributed by atoms with Crippen molar-refractivity contribution in [2.24, 2.45) is 0 Å². The summed E-state index contributed by atoms with van der Waals surface area (Å²) in [5.41, 5.74) is -0.929. The average molecular weight is 299 g/mol. The van der Waals surface area contributed by atoms with Gasteiger partial charge in [-0.2, -0.15) is 18.4 Å². The van der Waals surface area contributed by atoms with E-state index in [0.29, 0.717) is 6.07 Å². The van der Waals surface area contributed by atoms with Crippen molar-refractivity contribution in [3.05, 3.63) is 41.0 Å². The fourth-order valence-electron chi connectivity index (χ4n) is 1.45. The van der Waals surface area contributed by atoms with Gasteiger partial charge in [-0.3, -0.25) is 0 Å². The normalized spacial score (nSPS) is 11.7. The molecule has 0 aliphatic heterocycles. The van der Waals surface area contributed by atoms with Gasteiger partial charge in [-0.15, -0.1) is 0 Å². The van der Waals surface area contributed by atoms with E-state index < -0.39 is 23.5 Å². The van der Waals surface area contributed by atoms with Crippen molar-refractivity contribution in [1.29, 1.82) is 5.26 Å². The van der Waals surface area contributed by atoms with Crippen LogP contribution in [0.15, 0.2) is 29.8 Å². The summed E-state index contributed by atoms with van der Waals surface area (Å²) in [7, 11) is 1.20. The fraction of sp³-hybridized carbons (Fsp3) is 0.286. The van der Waals surface area contributed by atoms with Gasteiger partial charge in [0, 0.05) is 5.57 Å². The molecule has 0 aromatic heterocycles. The van der Waals surface area contributed by atoms with Crippen LogP contribution in [0, 0.1) is 11.3 Å². The SMILES string of the molecule is COC(=O)/C(C)=C/COc1ccc(C#N)cc1C(F)(F)F. The summed E-state index contributed by atoms with van der Waals surface area (Å²) in [5, 5.41) is 8.64. The van der Waals surface area contributed by atoms with Gasteiger partial charge in [-0.05, 0) is 31.2 Å². The number of hydrogen-bond donors (Lipinski definition) is 0. The fourth-order valence-corrected chi connectivity index (χ4v) is 1.45. The summed E-state index contributed by atoms with van der Waals surface area (Å²) >= 11 is 0. The first-order valence-electron chi connectivity index (χ1n) is 5.78. The summed E-state index contributed by atoms with van der Waals surface area (Å²) in [6.45, 7) is 1.23. The lowest BCUT2D eigenvalue weighted by Crippen LogP contribution is -2.10. The zero-order valence-corrected chi connectivity index (χ0v) is 11.3. The molecular weight excluding hydrogens is 287 g/mol. The number of carbonyl (C=O) groups is 1. The first kappa shape index (κ1) is 16.6. The summed E-state index contributed by atoms with van der Waals surface area (Å²) in [6, 6.07) is 4.65. The number of ether oxygens (including phenoxy) is 2. The predicted molar refractivity (Wildman–Crippen MR) is 67.4 cm³/mol. The van der Waals surface area contributed by atoms with Crippen molar-refractivity contribution >= 4 is 5.97 Å². The molecule has 7 heteroatoms. The first-order valence-corrected chi connectivity index (χ1v) is 5.78. The van der Waals surface area contributed by atoms with Crippen molar-refractivity contribution in [3.8, 4) is 11.8 Å². The molecular formula is C14H12F3NO3. The highest BCUT2D eigenvalue weighted by atomic mass is 19.4. The van der Waals surface area contributed by atoms with E-state index in [1.54, 1.807) is 6.07 Å². The molecule has 0 aliphatic rings. The molecule has 112 valence electrons. The van der Waals surface area contributed by atoms with E-state index in [9.17, 15) is 18.0 Å². The van der Waals surface area contributed by atoms with Crippen LogP contribution in [0.1, 0.15) is 18.1 Å². The standard InChI is InChI=1S/C14H12F3NO3/c1-9(13(19)20-2)5-6-21-12-4-3-10(8-18)7-11(12)14(15,16)17/h3-5,7H,6H2,1-2H3/b9-5+. The van der Waals surface area contributed by atoms with Gasteiger partial charge in [0.1, 0.15) is 12.4 Å². The monoisotopic (exact) mass is 299 g/mol. The van der Waals surface area contributed by atoms with E-state index in [2.05, 4.69) is 4.74 Å². The van der Waals surface area contributed by atoms with E-state index in [1.807, 2.05) is 0 Å². The van der Waals surface area contributed by atoms with Crippen LogP contribution in [0.5, 0.6) is 5.75 Å². The minimum Gasteiger partial charge on any atom is -0.489 e. The van der Waals surface area contributed by atoms with Crippen molar-refractivity contribution in [3.63, 3.8) is 0 Å². The van der Waals surface area contributed by atoms with Crippen LogP contribution in [0.4, 0.5) is 13.2 Å². The molecule has 0 N–H and O–H groups in total. The van der Waals surface area contributed by atoms with Gasteiger partial charge in [0.2, 0.25) is 0 Å². The highest BCUT2D eigenvalue weighted by molar-refractivity contribution is 5.87. The average Bonchev–Trinajstić information content (AvgIpc) is 2.45. The predicted octanol–water partition coefficient (Wildman–Crippen LogP) is 3.08. The molecule has 21 heavy (non-hydrogen) atoms. The van der Waals surface area contributed by atoms with Crippen LogP contribution in [-0.2, 0) is 15.7 Å². The molecule has 0 unspecified atom stereocenters.